The maximum Gasteiger partial charge on any atom is 0.334 e. The maximum atomic E-state index is 11.7. The van der Waals surface area contributed by atoms with E-state index >= 15 is 0 Å². The molecule has 0 amide bonds. The first-order chi connectivity index (χ1) is 8.53. The van der Waals surface area contributed by atoms with Crippen LogP contribution < -0.4 is 0 Å². The normalized spacial score (nSPS) is 42.3. The fourth-order valence-electron chi connectivity index (χ4n) is 3.65. The van der Waals surface area contributed by atoms with E-state index in [1.807, 2.05) is 6.92 Å². The van der Waals surface area contributed by atoms with Gasteiger partial charge in [0.2, 0.25) is 0 Å². The van der Waals surface area contributed by atoms with E-state index in [0.29, 0.717) is 5.57 Å². The lowest BCUT2D eigenvalue weighted by Gasteiger charge is -2.44. The summed E-state index contributed by atoms with van der Waals surface area (Å²) >= 11 is 0. The molecule has 0 N–H and O–H groups in total. The Bertz CT molecular complexity index is 474. The Morgan fingerprint density at radius 2 is 2.28 bits per heavy atom. The summed E-state index contributed by atoms with van der Waals surface area (Å²) in [6, 6.07) is 0. The van der Waals surface area contributed by atoms with E-state index in [1.54, 1.807) is 12.5 Å². The predicted molar refractivity (Wildman–Crippen MR) is 67.3 cm³/mol. The lowest BCUT2D eigenvalue weighted by Crippen LogP contribution is -2.43. The van der Waals surface area contributed by atoms with Gasteiger partial charge < -0.3 is 9.47 Å². The average molecular weight is 246 g/mol. The van der Waals surface area contributed by atoms with Crippen molar-refractivity contribution < 1.29 is 14.3 Å². The molecule has 1 saturated carbocycles. The average Bonchev–Trinajstić information content (AvgIpc) is 2.51. The third kappa shape index (κ3) is 1.46. The molecule has 2 aliphatic heterocycles. The number of hydrogen-bond donors (Lipinski definition) is 0. The summed E-state index contributed by atoms with van der Waals surface area (Å²) in [5, 5.41) is 0. The van der Waals surface area contributed by atoms with E-state index in [0.717, 1.165) is 18.4 Å². The fraction of sp³-hybridized carbons (Fsp3) is 0.533. The van der Waals surface area contributed by atoms with Gasteiger partial charge in [-0.05, 0) is 36.8 Å². The second-order valence-corrected chi connectivity index (χ2v) is 5.82. The van der Waals surface area contributed by atoms with Gasteiger partial charge in [-0.3, -0.25) is 0 Å². The quantitative estimate of drug-likeness (QED) is 0.487. The number of esters is 1. The number of fused-ring (bicyclic) bond motifs is 3. The second-order valence-electron chi connectivity index (χ2n) is 5.82. The summed E-state index contributed by atoms with van der Waals surface area (Å²) in [4.78, 5) is 11.7. The van der Waals surface area contributed by atoms with Gasteiger partial charge in [-0.1, -0.05) is 13.5 Å². The van der Waals surface area contributed by atoms with E-state index in [2.05, 4.69) is 19.6 Å². The van der Waals surface area contributed by atoms with Crippen LogP contribution in [-0.2, 0) is 14.3 Å². The van der Waals surface area contributed by atoms with Crippen molar-refractivity contribution in [1.29, 1.82) is 0 Å². The van der Waals surface area contributed by atoms with Crippen molar-refractivity contribution in [3.63, 3.8) is 0 Å². The molecule has 3 rings (SSSR count). The third-order valence-corrected chi connectivity index (χ3v) is 4.65. The Morgan fingerprint density at radius 1 is 1.50 bits per heavy atom. The largest absolute Gasteiger partial charge is 0.473 e. The highest BCUT2D eigenvalue weighted by Gasteiger charge is 2.53. The zero-order valence-electron chi connectivity index (χ0n) is 10.8. The summed E-state index contributed by atoms with van der Waals surface area (Å²) in [6.07, 6.45) is 7.53. The van der Waals surface area contributed by atoms with E-state index in [1.165, 1.54) is 0 Å². The minimum Gasteiger partial charge on any atom is -0.473 e. The highest BCUT2D eigenvalue weighted by Crippen LogP contribution is 2.53. The van der Waals surface area contributed by atoms with E-state index in [4.69, 9.17) is 9.47 Å². The van der Waals surface area contributed by atoms with Crippen molar-refractivity contribution in [2.24, 2.45) is 17.3 Å². The van der Waals surface area contributed by atoms with Crippen LogP contribution in [-0.4, -0.2) is 12.1 Å². The molecule has 18 heavy (non-hydrogen) atoms. The van der Waals surface area contributed by atoms with E-state index in [9.17, 15) is 4.79 Å². The molecular formula is C15H18O3. The first-order valence-electron chi connectivity index (χ1n) is 6.42. The molecule has 0 aromatic rings. The molecule has 2 fully saturated rings. The Balaban J connectivity index is 2.04. The van der Waals surface area contributed by atoms with Crippen LogP contribution >= 0.6 is 0 Å². The highest BCUT2D eigenvalue weighted by molar-refractivity contribution is 5.91. The fourth-order valence-corrected chi connectivity index (χ4v) is 3.65. The summed E-state index contributed by atoms with van der Waals surface area (Å²) in [6.45, 7) is 8.15. The molecule has 96 valence electrons. The number of carbonyl (C=O) groups is 1. The summed E-state index contributed by atoms with van der Waals surface area (Å²) in [5.74, 6) is 0.139. The Hall–Kier alpha value is -1.51. The Morgan fingerprint density at radius 3 is 3.06 bits per heavy atom. The van der Waals surface area contributed by atoms with E-state index < -0.39 is 0 Å². The first-order valence-corrected chi connectivity index (χ1v) is 6.42. The van der Waals surface area contributed by atoms with Crippen LogP contribution in [0.4, 0.5) is 0 Å². The number of allylic oxidation sites excluding steroid dienone is 1. The van der Waals surface area contributed by atoms with Crippen LogP contribution in [0.2, 0.25) is 0 Å². The van der Waals surface area contributed by atoms with Crippen molar-refractivity contribution in [2.45, 2.75) is 32.8 Å². The molecule has 1 saturated heterocycles. The van der Waals surface area contributed by atoms with Crippen LogP contribution in [0, 0.1) is 17.3 Å². The highest BCUT2D eigenvalue weighted by atomic mass is 16.6. The number of rotatable bonds is 0. The predicted octanol–water partition coefficient (Wildman–Crippen LogP) is 2.95. The minimum absolute atomic E-state index is 0.00313. The molecule has 0 radical (unpaired) electrons. The summed E-state index contributed by atoms with van der Waals surface area (Å²) < 4.78 is 10.9. The molecule has 3 heteroatoms. The maximum absolute atomic E-state index is 11.7. The van der Waals surface area contributed by atoms with Gasteiger partial charge >= 0.3 is 5.97 Å². The number of ether oxygens (including phenoxy) is 2. The van der Waals surface area contributed by atoms with Gasteiger partial charge in [0.05, 0.1) is 12.5 Å². The molecule has 3 nitrogen and oxygen atoms in total. The van der Waals surface area contributed by atoms with Crippen LogP contribution in [0.25, 0.3) is 0 Å². The van der Waals surface area contributed by atoms with Crippen molar-refractivity contribution >= 4 is 5.97 Å². The Labute approximate surface area is 107 Å². The molecule has 4 atom stereocenters. The van der Waals surface area contributed by atoms with Gasteiger partial charge in [0.15, 0.2) is 0 Å². The van der Waals surface area contributed by atoms with Crippen LogP contribution in [0.15, 0.2) is 36.3 Å². The number of hydrogen-bond acceptors (Lipinski definition) is 3. The minimum atomic E-state index is -0.226. The zero-order chi connectivity index (χ0) is 12.9. The molecular weight excluding hydrogens is 228 g/mol. The van der Waals surface area contributed by atoms with Crippen LogP contribution in [0.1, 0.15) is 26.7 Å². The van der Waals surface area contributed by atoms with Gasteiger partial charge in [-0.25, -0.2) is 4.79 Å². The standard InChI is InChI=1S/C15H18O3/c1-9-8-17-7-6-15(3)5-4-11-10(2)14(16)18-13(11)12(9)15/h6-8,11-13H,2,4-5H2,1,3H3. The van der Waals surface area contributed by atoms with Gasteiger partial charge in [0.1, 0.15) is 6.10 Å². The molecule has 0 spiro atoms. The molecule has 0 aromatic heterocycles. The third-order valence-electron chi connectivity index (χ3n) is 4.65. The first kappa shape index (κ1) is 11.6. The van der Waals surface area contributed by atoms with Crippen LogP contribution in [0.3, 0.4) is 0 Å². The smallest absolute Gasteiger partial charge is 0.334 e. The molecule has 0 bridgehead atoms. The zero-order valence-corrected chi connectivity index (χ0v) is 10.8. The SMILES string of the molecule is C=C1C(=O)OC2C1CCC1(C)C=COC=C(C)C21. The lowest BCUT2D eigenvalue weighted by molar-refractivity contribution is -0.143. The van der Waals surface area contributed by atoms with Gasteiger partial charge in [0, 0.05) is 17.4 Å². The molecule has 3 aliphatic rings. The monoisotopic (exact) mass is 246 g/mol. The molecule has 2 heterocycles. The molecule has 4 unspecified atom stereocenters. The topological polar surface area (TPSA) is 35.5 Å². The number of carbonyl (C=O) groups excluding carboxylic acids is 1. The van der Waals surface area contributed by atoms with Gasteiger partial charge in [0.25, 0.3) is 0 Å². The Kier molecular flexibility index (Phi) is 2.40. The van der Waals surface area contributed by atoms with Crippen molar-refractivity contribution in [2.75, 3.05) is 0 Å². The molecule has 0 aromatic carbocycles. The summed E-state index contributed by atoms with van der Waals surface area (Å²) in [7, 11) is 0. The summed E-state index contributed by atoms with van der Waals surface area (Å²) in [5.41, 5.74) is 1.78. The van der Waals surface area contributed by atoms with Gasteiger partial charge in [-0.15, -0.1) is 0 Å². The second kappa shape index (κ2) is 3.74. The lowest BCUT2D eigenvalue weighted by atomic mass is 9.60. The van der Waals surface area contributed by atoms with Crippen molar-refractivity contribution in [3.8, 4) is 0 Å². The van der Waals surface area contributed by atoms with Crippen molar-refractivity contribution in [3.05, 3.63) is 36.3 Å². The van der Waals surface area contributed by atoms with Crippen molar-refractivity contribution in [1.82, 2.24) is 0 Å². The van der Waals surface area contributed by atoms with Crippen LogP contribution in [0.5, 0.6) is 0 Å². The van der Waals surface area contributed by atoms with Gasteiger partial charge in [-0.2, -0.15) is 0 Å². The van der Waals surface area contributed by atoms with E-state index in [-0.39, 0.29) is 29.3 Å². The molecule has 1 aliphatic carbocycles.